The number of nitrogens with two attached hydrogens (primary N) is 1. The van der Waals surface area contributed by atoms with Gasteiger partial charge >= 0.3 is 0 Å². The van der Waals surface area contributed by atoms with Crippen molar-refractivity contribution >= 4 is 0 Å². The van der Waals surface area contributed by atoms with Crippen LogP contribution in [0.2, 0.25) is 0 Å². The third kappa shape index (κ3) is 3.36. The van der Waals surface area contributed by atoms with E-state index in [4.69, 9.17) is 15.0 Å². The van der Waals surface area contributed by atoms with Crippen molar-refractivity contribution in [2.24, 2.45) is 5.73 Å². The van der Waals surface area contributed by atoms with Crippen LogP contribution in [0.1, 0.15) is 56.6 Å². The highest BCUT2D eigenvalue weighted by atomic mass is 16.5. The molecule has 0 bridgehead atoms. The Hall–Kier alpha value is -1.72. The summed E-state index contributed by atoms with van der Waals surface area (Å²) in [7, 11) is 0. The molecule has 5 heteroatoms. The average molecular weight is 301 g/mol. The van der Waals surface area contributed by atoms with Crippen molar-refractivity contribution in [3.63, 3.8) is 0 Å². The molecule has 1 unspecified atom stereocenters. The fraction of sp³-hybridized carbons (Fsp3) is 0.529. The molecule has 1 fully saturated rings. The highest BCUT2D eigenvalue weighted by Crippen LogP contribution is 2.30. The Morgan fingerprint density at radius 2 is 2.00 bits per heavy atom. The molecule has 22 heavy (non-hydrogen) atoms. The zero-order valence-corrected chi connectivity index (χ0v) is 13.0. The fourth-order valence-electron chi connectivity index (χ4n) is 2.86. The zero-order valence-electron chi connectivity index (χ0n) is 13.0. The van der Waals surface area contributed by atoms with E-state index in [1.165, 1.54) is 12.8 Å². The van der Waals surface area contributed by atoms with Gasteiger partial charge in [0.1, 0.15) is 6.10 Å². The lowest BCUT2D eigenvalue weighted by atomic mass is 10.1. The van der Waals surface area contributed by atoms with Crippen LogP contribution in [0.25, 0.3) is 11.4 Å². The summed E-state index contributed by atoms with van der Waals surface area (Å²) in [5, 5.41) is 4.09. The summed E-state index contributed by atoms with van der Waals surface area (Å²) in [4.78, 5) is 4.52. The maximum atomic E-state index is 6.12. The van der Waals surface area contributed by atoms with Crippen LogP contribution in [0.4, 0.5) is 0 Å². The smallest absolute Gasteiger partial charge is 0.256 e. The molecule has 1 aliphatic rings. The zero-order chi connectivity index (χ0) is 15.4. The molecule has 0 radical (unpaired) electrons. The maximum Gasteiger partial charge on any atom is 0.256 e. The Morgan fingerprint density at radius 3 is 2.64 bits per heavy atom. The van der Waals surface area contributed by atoms with Crippen molar-refractivity contribution < 1.29 is 9.26 Å². The van der Waals surface area contributed by atoms with Crippen molar-refractivity contribution in [3.8, 4) is 11.4 Å². The summed E-state index contributed by atoms with van der Waals surface area (Å²) in [6.07, 6.45) is 5.85. The molecule has 1 atom stereocenters. The lowest BCUT2D eigenvalue weighted by Crippen LogP contribution is -2.13. The number of rotatable bonds is 6. The Kier molecular flexibility index (Phi) is 4.85. The molecule has 0 aliphatic heterocycles. The van der Waals surface area contributed by atoms with Gasteiger partial charge in [-0.25, -0.2) is 0 Å². The predicted octanol–water partition coefficient (Wildman–Crippen LogP) is 3.61. The quantitative estimate of drug-likeness (QED) is 0.882. The molecule has 2 aromatic rings. The first-order valence-electron chi connectivity index (χ1n) is 8.08. The van der Waals surface area contributed by atoms with E-state index in [-0.39, 0.29) is 6.10 Å². The third-order valence-electron chi connectivity index (χ3n) is 4.19. The molecule has 1 aromatic heterocycles. The minimum atomic E-state index is -0.104. The molecule has 2 N–H and O–H groups in total. The van der Waals surface area contributed by atoms with E-state index in [1.807, 2.05) is 24.3 Å². The van der Waals surface area contributed by atoms with Crippen molar-refractivity contribution in [2.45, 2.75) is 57.8 Å². The first-order chi connectivity index (χ1) is 10.8. The monoisotopic (exact) mass is 301 g/mol. The topological polar surface area (TPSA) is 74.2 Å². The standard InChI is InChI=1S/C17H23N3O2/c1-2-15(21-14-5-3-4-6-14)17-19-16(20-22-17)13-9-7-12(11-18)8-10-13/h7-10,14-15H,2-6,11,18H2,1H3. The van der Waals surface area contributed by atoms with Gasteiger partial charge in [0.05, 0.1) is 6.10 Å². The van der Waals surface area contributed by atoms with E-state index in [0.29, 0.717) is 24.4 Å². The molecule has 0 spiro atoms. The SMILES string of the molecule is CCC(OC1CCCC1)c1nc(-c2ccc(CN)cc2)no1. The lowest BCUT2D eigenvalue weighted by molar-refractivity contribution is -0.0275. The van der Waals surface area contributed by atoms with Crippen molar-refractivity contribution in [2.75, 3.05) is 0 Å². The Labute approximate surface area is 130 Å². The van der Waals surface area contributed by atoms with Gasteiger partial charge in [-0.1, -0.05) is 49.2 Å². The molecule has 1 heterocycles. The normalized spacial score (nSPS) is 17.0. The van der Waals surface area contributed by atoms with Gasteiger partial charge < -0.3 is 15.0 Å². The van der Waals surface area contributed by atoms with E-state index < -0.39 is 0 Å². The van der Waals surface area contributed by atoms with Crippen molar-refractivity contribution in [3.05, 3.63) is 35.7 Å². The molecular weight excluding hydrogens is 278 g/mol. The number of ether oxygens (including phenoxy) is 1. The van der Waals surface area contributed by atoms with E-state index >= 15 is 0 Å². The second kappa shape index (κ2) is 7.03. The summed E-state index contributed by atoms with van der Waals surface area (Å²) in [6.45, 7) is 2.62. The molecule has 3 rings (SSSR count). The van der Waals surface area contributed by atoms with Crippen molar-refractivity contribution in [1.82, 2.24) is 10.1 Å². The van der Waals surface area contributed by atoms with Crippen LogP contribution in [0.3, 0.4) is 0 Å². The molecule has 0 saturated heterocycles. The molecule has 0 amide bonds. The number of aromatic nitrogens is 2. The summed E-state index contributed by atoms with van der Waals surface area (Å²) >= 11 is 0. The van der Waals surface area contributed by atoms with Gasteiger partial charge in [0.2, 0.25) is 5.82 Å². The predicted molar refractivity (Wildman–Crippen MR) is 84.0 cm³/mol. The van der Waals surface area contributed by atoms with Crippen LogP contribution < -0.4 is 5.73 Å². The first-order valence-corrected chi connectivity index (χ1v) is 8.08. The van der Waals surface area contributed by atoms with E-state index in [9.17, 15) is 0 Å². The molecular formula is C17H23N3O2. The molecule has 118 valence electrons. The van der Waals surface area contributed by atoms with E-state index in [1.54, 1.807) is 0 Å². The number of nitrogens with zero attached hydrogens (tertiary/aromatic N) is 2. The number of hydrogen-bond acceptors (Lipinski definition) is 5. The van der Waals surface area contributed by atoms with Gasteiger partial charge in [0, 0.05) is 12.1 Å². The maximum absolute atomic E-state index is 6.12. The van der Waals surface area contributed by atoms with Crippen molar-refractivity contribution in [1.29, 1.82) is 0 Å². The molecule has 1 aliphatic carbocycles. The highest BCUT2D eigenvalue weighted by Gasteiger charge is 2.24. The van der Waals surface area contributed by atoms with Crippen LogP contribution in [-0.4, -0.2) is 16.2 Å². The van der Waals surface area contributed by atoms with E-state index in [0.717, 1.165) is 30.4 Å². The van der Waals surface area contributed by atoms with Gasteiger partial charge in [-0.2, -0.15) is 4.98 Å². The molecule has 5 nitrogen and oxygen atoms in total. The molecule has 1 aromatic carbocycles. The van der Waals surface area contributed by atoms with Gasteiger partial charge in [0.15, 0.2) is 0 Å². The van der Waals surface area contributed by atoms with Gasteiger partial charge in [-0.15, -0.1) is 0 Å². The van der Waals surface area contributed by atoms with Crippen LogP contribution in [0.5, 0.6) is 0 Å². The Morgan fingerprint density at radius 1 is 1.27 bits per heavy atom. The van der Waals surface area contributed by atoms with Crippen LogP contribution in [-0.2, 0) is 11.3 Å². The van der Waals surface area contributed by atoms with Crippen LogP contribution in [0.15, 0.2) is 28.8 Å². The summed E-state index contributed by atoms with van der Waals surface area (Å²) in [5.41, 5.74) is 7.63. The minimum absolute atomic E-state index is 0.104. The molecule has 1 saturated carbocycles. The number of hydrogen-bond donors (Lipinski definition) is 1. The Balaban J connectivity index is 1.73. The average Bonchev–Trinajstić information content (AvgIpc) is 3.24. The highest BCUT2D eigenvalue weighted by molar-refractivity contribution is 5.54. The van der Waals surface area contributed by atoms with Gasteiger partial charge in [0.25, 0.3) is 5.89 Å². The largest absolute Gasteiger partial charge is 0.365 e. The van der Waals surface area contributed by atoms with Crippen LogP contribution in [0, 0.1) is 0 Å². The second-order valence-electron chi connectivity index (χ2n) is 5.80. The fourth-order valence-corrected chi connectivity index (χ4v) is 2.86. The van der Waals surface area contributed by atoms with E-state index in [2.05, 4.69) is 17.1 Å². The third-order valence-corrected chi connectivity index (χ3v) is 4.19. The summed E-state index contributed by atoms with van der Waals surface area (Å²) < 4.78 is 11.5. The van der Waals surface area contributed by atoms with Crippen LogP contribution >= 0.6 is 0 Å². The minimum Gasteiger partial charge on any atom is -0.365 e. The second-order valence-corrected chi connectivity index (χ2v) is 5.80. The summed E-state index contributed by atoms with van der Waals surface area (Å²) in [6, 6.07) is 7.90. The summed E-state index contributed by atoms with van der Waals surface area (Å²) in [5.74, 6) is 1.18. The first kappa shape index (κ1) is 15.2. The van der Waals surface area contributed by atoms with Gasteiger partial charge in [-0.05, 0) is 24.8 Å². The lowest BCUT2D eigenvalue weighted by Gasteiger charge is -2.17. The van der Waals surface area contributed by atoms with Gasteiger partial charge in [-0.3, -0.25) is 0 Å². The Bertz CT molecular complexity index is 588. The number of benzene rings is 1.